The van der Waals surface area contributed by atoms with Gasteiger partial charge in [-0.25, -0.2) is 13.2 Å². The number of nitrogens with one attached hydrogen (secondary N) is 1. The molecule has 1 atom stereocenters. The monoisotopic (exact) mass is 263 g/mol. The minimum atomic E-state index is -5.26. The van der Waals surface area contributed by atoms with Gasteiger partial charge in [0.1, 0.15) is 15.9 Å². The minimum absolute atomic E-state index is 0.642. The van der Waals surface area contributed by atoms with Crippen LogP contribution >= 0.6 is 0 Å². The zero-order valence-electron chi connectivity index (χ0n) is 7.91. The number of carbonyl (C=O) groups is 2. The Bertz CT molecular complexity index is 387. The van der Waals surface area contributed by atoms with Gasteiger partial charge in [-0.3, -0.25) is 4.79 Å². The van der Waals surface area contributed by atoms with Crippen molar-refractivity contribution in [3.8, 4) is 0 Å². The van der Waals surface area contributed by atoms with E-state index in [9.17, 15) is 31.2 Å². The Morgan fingerprint density at radius 3 is 2.06 bits per heavy atom. The molecule has 6 nitrogen and oxygen atoms in total. The van der Waals surface area contributed by atoms with Gasteiger partial charge in [-0.2, -0.15) is 13.2 Å². The molecule has 0 aliphatic rings. The lowest BCUT2D eigenvalue weighted by molar-refractivity contribution is -0.175. The molecule has 0 fully saturated rings. The van der Waals surface area contributed by atoms with E-state index in [0.717, 1.165) is 5.32 Å². The molecule has 0 aromatic rings. The molecule has 0 saturated heterocycles. The van der Waals surface area contributed by atoms with Crippen molar-refractivity contribution in [2.24, 2.45) is 0 Å². The predicted octanol–water partition coefficient (Wildman–Crippen LogP) is -0.837. The molecule has 1 unspecified atom stereocenters. The van der Waals surface area contributed by atoms with Crippen molar-refractivity contribution in [1.29, 1.82) is 0 Å². The molecule has 0 heterocycles. The first-order chi connectivity index (χ1) is 6.93. The molecule has 0 saturated carbocycles. The highest BCUT2D eigenvalue weighted by atomic mass is 32.2. The summed E-state index contributed by atoms with van der Waals surface area (Å²) < 4.78 is 56.6. The standard InChI is InChI=1S/C6H8F3NO5S/c1-16(14,15)2-3(4(11)12)10-5(13)6(7,8)9/h3H,2H2,1H3,(H,10,13)(H,11,12). The molecular weight excluding hydrogens is 255 g/mol. The number of carboxylic acids is 1. The molecule has 0 aromatic heterocycles. The molecule has 94 valence electrons. The normalized spacial score (nSPS) is 14.2. The van der Waals surface area contributed by atoms with Crippen LogP contribution in [0, 0.1) is 0 Å². The minimum Gasteiger partial charge on any atom is -0.480 e. The maximum atomic E-state index is 11.8. The zero-order chi connectivity index (χ0) is 13.1. The van der Waals surface area contributed by atoms with Crippen molar-refractivity contribution in [2.45, 2.75) is 12.2 Å². The van der Waals surface area contributed by atoms with E-state index < -0.39 is 39.7 Å². The summed E-state index contributed by atoms with van der Waals surface area (Å²) in [6.07, 6.45) is -4.62. The second-order valence-corrected chi connectivity index (χ2v) is 5.14. The highest BCUT2D eigenvalue weighted by molar-refractivity contribution is 7.90. The van der Waals surface area contributed by atoms with Crippen molar-refractivity contribution in [2.75, 3.05) is 12.0 Å². The van der Waals surface area contributed by atoms with Gasteiger partial charge in [0.05, 0.1) is 5.75 Å². The van der Waals surface area contributed by atoms with Gasteiger partial charge >= 0.3 is 18.1 Å². The van der Waals surface area contributed by atoms with E-state index in [1.54, 1.807) is 0 Å². The lowest BCUT2D eigenvalue weighted by Gasteiger charge is -2.14. The van der Waals surface area contributed by atoms with Gasteiger partial charge in [-0.05, 0) is 0 Å². The summed E-state index contributed by atoms with van der Waals surface area (Å²) in [7, 11) is -3.82. The van der Waals surface area contributed by atoms with E-state index in [2.05, 4.69) is 0 Å². The van der Waals surface area contributed by atoms with Crippen LogP contribution in [0.3, 0.4) is 0 Å². The van der Waals surface area contributed by atoms with Crippen LogP contribution in [-0.4, -0.2) is 49.6 Å². The van der Waals surface area contributed by atoms with Gasteiger partial charge in [0.2, 0.25) is 0 Å². The van der Waals surface area contributed by atoms with Crippen LogP contribution in [0.4, 0.5) is 13.2 Å². The molecule has 10 heteroatoms. The summed E-state index contributed by atoms with van der Waals surface area (Å²) in [6.45, 7) is 0. The Kier molecular flexibility index (Phi) is 4.29. The molecule has 1 amide bonds. The predicted molar refractivity (Wildman–Crippen MR) is 45.3 cm³/mol. The Balaban J connectivity index is 4.73. The molecular formula is C6H8F3NO5S. The summed E-state index contributed by atoms with van der Waals surface area (Å²) in [5.41, 5.74) is 0. The molecule has 0 rings (SSSR count). The number of hydrogen-bond donors (Lipinski definition) is 2. The lowest BCUT2D eigenvalue weighted by Crippen LogP contribution is -2.49. The highest BCUT2D eigenvalue weighted by Crippen LogP contribution is 2.14. The second-order valence-electron chi connectivity index (χ2n) is 2.95. The fourth-order valence-electron chi connectivity index (χ4n) is 0.718. The average Bonchev–Trinajstić information content (AvgIpc) is 1.98. The van der Waals surface area contributed by atoms with Crippen molar-refractivity contribution in [3.63, 3.8) is 0 Å². The number of carbonyl (C=O) groups excluding carboxylic acids is 1. The van der Waals surface area contributed by atoms with Gasteiger partial charge in [-0.15, -0.1) is 0 Å². The number of hydrogen-bond acceptors (Lipinski definition) is 4. The fourth-order valence-corrected chi connectivity index (χ4v) is 1.55. The van der Waals surface area contributed by atoms with Crippen LogP contribution in [0.5, 0.6) is 0 Å². The quantitative estimate of drug-likeness (QED) is 0.689. The molecule has 0 aromatic carbocycles. The number of rotatable bonds is 4. The van der Waals surface area contributed by atoms with Gasteiger partial charge < -0.3 is 10.4 Å². The van der Waals surface area contributed by atoms with E-state index in [4.69, 9.17) is 5.11 Å². The SMILES string of the molecule is CS(=O)(=O)CC(NC(=O)C(F)(F)F)C(=O)O. The second kappa shape index (κ2) is 4.68. The van der Waals surface area contributed by atoms with Crippen molar-refractivity contribution in [1.82, 2.24) is 5.32 Å². The maximum Gasteiger partial charge on any atom is 0.471 e. The first-order valence-electron chi connectivity index (χ1n) is 3.71. The molecule has 0 radical (unpaired) electrons. The first-order valence-corrected chi connectivity index (χ1v) is 5.78. The van der Waals surface area contributed by atoms with E-state index >= 15 is 0 Å². The molecule has 16 heavy (non-hydrogen) atoms. The van der Waals surface area contributed by atoms with Crippen molar-refractivity contribution in [3.05, 3.63) is 0 Å². The van der Waals surface area contributed by atoms with Gasteiger partial charge in [0.15, 0.2) is 0 Å². The first kappa shape index (κ1) is 14.7. The summed E-state index contributed by atoms with van der Waals surface area (Å²) in [5.74, 6) is -5.46. The van der Waals surface area contributed by atoms with E-state index in [1.807, 2.05) is 0 Å². The highest BCUT2D eigenvalue weighted by Gasteiger charge is 2.41. The summed E-state index contributed by atoms with van der Waals surface area (Å²) in [4.78, 5) is 20.8. The fraction of sp³-hybridized carbons (Fsp3) is 0.667. The van der Waals surface area contributed by atoms with Crippen LogP contribution in [0.1, 0.15) is 0 Å². The van der Waals surface area contributed by atoms with Gasteiger partial charge in [0, 0.05) is 6.26 Å². The Labute approximate surface area is 88.4 Å². The number of halogens is 3. The third-order valence-electron chi connectivity index (χ3n) is 1.33. The van der Waals surface area contributed by atoms with Crippen LogP contribution in [0.15, 0.2) is 0 Å². The number of aliphatic carboxylic acids is 1. The molecule has 0 bridgehead atoms. The molecule has 0 aliphatic heterocycles. The smallest absolute Gasteiger partial charge is 0.471 e. The summed E-state index contributed by atoms with van der Waals surface area (Å²) in [6, 6.07) is -2.12. The van der Waals surface area contributed by atoms with Crippen LogP contribution in [-0.2, 0) is 19.4 Å². The topological polar surface area (TPSA) is 101 Å². The van der Waals surface area contributed by atoms with Gasteiger partial charge in [-0.1, -0.05) is 0 Å². The van der Waals surface area contributed by atoms with E-state index in [0.29, 0.717) is 6.26 Å². The lowest BCUT2D eigenvalue weighted by atomic mass is 10.3. The van der Waals surface area contributed by atoms with Crippen LogP contribution < -0.4 is 5.32 Å². The Morgan fingerprint density at radius 2 is 1.81 bits per heavy atom. The molecule has 0 aliphatic carbocycles. The summed E-state index contributed by atoms with van der Waals surface area (Å²) >= 11 is 0. The van der Waals surface area contributed by atoms with E-state index in [1.165, 1.54) is 0 Å². The maximum absolute atomic E-state index is 11.8. The van der Waals surface area contributed by atoms with E-state index in [-0.39, 0.29) is 0 Å². The largest absolute Gasteiger partial charge is 0.480 e. The summed E-state index contributed by atoms with van der Waals surface area (Å²) in [5, 5.41) is 9.47. The number of alkyl halides is 3. The Morgan fingerprint density at radius 1 is 1.38 bits per heavy atom. The molecule has 2 N–H and O–H groups in total. The molecule has 0 spiro atoms. The van der Waals surface area contributed by atoms with Crippen LogP contribution in [0.2, 0.25) is 0 Å². The third-order valence-corrected chi connectivity index (χ3v) is 2.27. The number of sulfone groups is 1. The Hall–Kier alpha value is -1.32. The van der Waals surface area contributed by atoms with Gasteiger partial charge in [0.25, 0.3) is 0 Å². The average molecular weight is 263 g/mol. The van der Waals surface area contributed by atoms with Crippen molar-refractivity contribution >= 4 is 21.7 Å². The number of carboxylic acid groups (broad SMARTS) is 1. The number of amides is 1. The van der Waals surface area contributed by atoms with Crippen LogP contribution in [0.25, 0.3) is 0 Å². The van der Waals surface area contributed by atoms with Crippen molar-refractivity contribution < 1.29 is 36.3 Å². The zero-order valence-corrected chi connectivity index (χ0v) is 8.72. The third kappa shape index (κ3) is 5.53.